The molecule has 0 bridgehead atoms. The van der Waals surface area contributed by atoms with E-state index in [0.717, 1.165) is 5.69 Å². The summed E-state index contributed by atoms with van der Waals surface area (Å²) in [6.45, 7) is 0.0914. The van der Waals surface area contributed by atoms with E-state index < -0.39 is 11.9 Å². The van der Waals surface area contributed by atoms with Crippen LogP contribution in [0.1, 0.15) is 11.7 Å². The molecule has 0 saturated heterocycles. The highest BCUT2D eigenvalue weighted by atomic mass is 19.1. The predicted octanol–water partition coefficient (Wildman–Crippen LogP) is 1.95. The maximum Gasteiger partial charge on any atom is 0.247 e. The minimum Gasteiger partial charge on any atom is -0.386 e. The fraction of sp³-hybridized carbons (Fsp3) is 0.133. The van der Waals surface area contributed by atoms with Gasteiger partial charge in [-0.25, -0.2) is 4.39 Å². The molecule has 6 nitrogen and oxygen atoms in total. The van der Waals surface area contributed by atoms with E-state index in [4.69, 9.17) is 0 Å². The second-order valence-electron chi connectivity index (χ2n) is 4.67. The van der Waals surface area contributed by atoms with Crippen molar-refractivity contribution in [2.45, 2.75) is 6.10 Å². The van der Waals surface area contributed by atoms with E-state index >= 15 is 0 Å². The normalized spacial score (nSPS) is 12.1. The third kappa shape index (κ3) is 2.94. The molecule has 3 rings (SSSR count). The summed E-state index contributed by atoms with van der Waals surface area (Å²) < 4.78 is 15.1. The lowest BCUT2D eigenvalue weighted by Crippen LogP contribution is -2.16. The van der Waals surface area contributed by atoms with Crippen molar-refractivity contribution in [2.75, 3.05) is 11.9 Å². The number of para-hydroxylation sites is 1. The lowest BCUT2D eigenvalue weighted by Gasteiger charge is -2.13. The van der Waals surface area contributed by atoms with Gasteiger partial charge >= 0.3 is 0 Å². The van der Waals surface area contributed by atoms with Crippen LogP contribution in [0.15, 0.2) is 54.6 Å². The Hall–Kier alpha value is -2.80. The topological polar surface area (TPSA) is 75.9 Å². The molecule has 0 spiro atoms. The molecule has 7 heteroatoms. The third-order valence-electron chi connectivity index (χ3n) is 3.19. The Morgan fingerprint density at radius 1 is 1.09 bits per heavy atom. The fourth-order valence-electron chi connectivity index (χ4n) is 2.08. The SMILES string of the molecule is OC(CNc1nnnn1-c1ccccc1)c1ccccc1F. The Labute approximate surface area is 126 Å². The summed E-state index contributed by atoms with van der Waals surface area (Å²) in [5, 5.41) is 24.4. The highest BCUT2D eigenvalue weighted by molar-refractivity contribution is 5.38. The zero-order valence-electron chi connectivity index (χ0n) is 11.6. The Morgan fingerprint density at radius 2 is 1.82 bits per heavy atom. The Morgan fingerprint density at radius 3 is 2.59 bits per heavy atom. The minimum absolute atomic E-state index is 0.0914. The number of anilines is 1. The van der Waals surface area contributed by atoms with E-state index in [1.165, 1.54) is 10.7 Å². The molecule has 0 fully saturated rings. The maximum atomic E-state index is 13.6. The number of benzene rings is 2. The largest absolute Gasteiger partial charge is 0.386 e. The molecule has 112 valence electrons. The molecule has 3 aromatic rings. The summed E-state index contributed by atoms with van der Waals surface area (Å²) in [6.07, 6.45) is -0.998. The van der Waals surface area contributed by atoms with Crippen LogP contribution < -0.4 is 5.32 Å². The quantitative estimate of drug-likeness (QED) is 0.753. The molecule has 0 radical (unpaired) electrons. The second-order valence-corrected chi connectivity index (χ2v) is 4.67. The van der Waals surface area contributed by atoms with E-state index in [2.05, 4.69) is 20.8 Å². The van der Waals surface area contributed by atoms with Gasteiger partial charge in [0.05, 0.1) is 11.8 Å². The summed E-state index contributed by atoms with van der Waals surface area (Å²) in [5.74, 6) is -0.0685. The van der Waals surface area contributed by atoms with Crippen molar-refractivity contribution < 1.29 is 9.50 Å². The average molecular weight is 299 g/mol. The zero-order valence-corrected chi connectivity index (χ0v) is 11.6. The number of nitrogens with one attached hydrogen (secondary N) is 1. The first-order valence-electron chi connectivity index (χ1n) is 6.76. The first kappa shape index (κ1) is 14.2. The molecule has 22 heavy (non-hydrogen) atoms. The molecule has 2 N–H and O–H groups in total. The summed E-state index contributed by atoms with van der Waals surface area (Å²) in [5.41, 5.74) is 1.02. The first-order chi connectivity index (χ1) is 10.8. The molecule has 2 aromatic carbocycles. The van der Waals surface area contributed by atoms with Crippen molar-refractivity contribution >= 4 is 5.95 Å². The van der Waals surface area contributed by atoms with E-state index in [-0.39, 0.29) is 12.1 Å². The average Bonchev–Trinajstić information content (AvgIpc) is 3.02. The van der Waals surface area contributed by atoms with Crippen LogP contribution in [0.5, 0.6) is 0 Å². The standard InChI is InChI=1S/C15H14FN5O/c16-13-9-5-4-8-12(13)14(22)10-17-15-18-19-20-21(15)11-6-2-1-3-7-11/h1-9,14,22H,10H2,(H,17,18,20). The predicted molar refractivity (Wildman–Crippen MR) is 79.0 cm³/mol. The van der Waals surface area contributed by atoms with Gasteiger partial charge in [-0.3, -0.25) is 0 Å². The van der Waals surface area contributed by atoms with Crippen LogP contribution in [0.3, 0.4) is 0 Å². The van der Waals surface area contributed by atoms with E-state index in [1.54, 1.807) is 18.2 Å². The van der Waals surface area contributed by atoms with Crippen molar-refractivity contribution in [2.24, 2.45) is 0 Å². The molecular weight excluding hydrogens is 285 g/mol. The van der Waals surface area contributed by atoms with Crippen molar-refractivity contribution in [3.05, 3.63) is 66.0 Å². The van der Waals surface area contributed by atoms with Crippen LogP contribution in [-0.4, -0.2) is 31.9 Å². The monoisotopic (exact) mass is 299 g/mol. The number of aliphatic hydroxyl groups is 1. The van der Waals surface area contributed by atoms with Gasteiger partial charge in [0.2, 0.25) is 5.95 Å². The van der Waals surface area contributed by atoms with Crippen LogP contribution in [0.4, 0.5) is 10.3 Å². The van der Waals surface area contributed by atoms with Crippen LogP contribution in [0, 0.1) is 5.82 Å². The molecule has 0 amide bonds. The number of aromatic nitrogens is 4. The lowest BCUT2D eigenvalue weighted by molar-refractivity contribution is 0.186. The Kier molecular flexibility index (Phi) is 4.06. The van der Waals surface area contributed by atoms with Crippen LogP contribution >= 0.6 is 0 Å². The number of hydrogen-bond acceptors (Lipinski definition) is 5. The fourth-order valence-corrected chi connectivity index (χ4v) is 2.08. The number of aliphatic hydroxyl groups excluding tert-OH is 1. The first-order valence-corrected chi connectivity index (χ1v) is 6.76. The van der Waals surface area contributed by atoms with Crippen LogP contribution in [0.2, 0.25) is 0 Å². The molecule has 1 aromatic heterocycles. The van der Waals surface area contributed by atoms with Gasteiger partial charge in [-0.1, -0.05) is 41.5 Å². The van der Waals surface area contributed by atoms with Crippen molar-refractivity contribution in [3.63, 3.8) is 0 Å². The third-order valence-corrected chi connectivity index (χ3v) is 3.19. The van der Waals surface area contributed by atoms with Gasteiger partial charge in [-0.2, -0.15) is 4.68 Å². The van der Waals surface area contributed by atoms with E-state index in [1.807, 2.05) is 30.3 Å². The molecule has 1 unspecified atom stereocenters. The van der Waals surface area contributed by atoms with Gasteiger partial charge in [-0.05, 0) is 28.6 Å². The summed E-state index contributed by atoms with van der Waals surface area (Å²) in [4.78, 5) is 0. The number of tetrazole rings is 1. The van der Waals surface area contributed by atoms with Crippen molar-refractivity contribution in [1.29, 1.82) is 0 Å². The smallest absolute Gasteiger partial charge is 0.247 e. The second kappa shape index (κ2) is 6.31. The molecule has 0 aliphatic rings. The van der Waals surface area contributed by atoms with Crippen LogP contribution in [0.25, 0.3) is 5.69 Å². The van der Waals surface area contributed by atoms with Crippen LogP contribution in [-0.2, 0) is 0 Å². The van der Waals surface area contributed by atoms with Gasteiger partial charge in [0.25, 0.3) is 0 Å². The number of rotatable bonds is 5. The number of halogens is 1. The highest BCUT2D eigenvalue weighted by Gasteiger charge is 2.14. The zero-order chi connectivity index (χ0) is 15.4. The van der Waals surface area contributed by atoms with Gasteiger partial charge < -0.3 is 10.4 Å². The summed E-state index contributed by atoms with van der Waals surface area (Å²) >= 11 is 0. The van der Waals surface area contributed by atoms with Gasteiger partial charge in [-0.15, -0.1) is 0 Å². The van der Waals surface area contributed by atoms with Crippen molar-refractivity contribution in [3.8, 4) is 5.69 Å². The Bertz CT molecular complexity index is 746. The van der Waals surface area contributed by atoms with E-state index in [0.29, 0.717) is 5.95 Å². The lowest BCUT2D eigenvalue weighted by atomic mass is 10.1. The van der Waals surface area contributed by atoms with Crippen molar-refractivity contribution in [1.82, 2.24) is 20.2 Å². The molecule has 1 heterocycles. The minimum atomic E-state index is -0.998. The van der Waals surface area contributed by atoms with E-state index in [9.17, 15) is 9.50 Å². The number of hydrogen-bond donors (Lipinski definition) is 2. The molecule has 0 aliphatic heterocycles. The molecular formula is C15H14FN5O. The summed E-state index contributed by atoms with van der Waals surface area (Å²) in [7, 11) is 0. The van der Waals surface area contributed by atoms with Gasteiger partial charge in [0.15, 0.2) is 0 Å². The Balaban J connectivity index is 1.73. The maximum absolute atomic E-state index is 13.6. The highest BCUT2D eigenvalue weighted by Crippen LogP contribution is 2.17. The summed E-state index contributed by atoms with van der Waals surface area (Å²) in [6, 6.07) is 15.5. The van der Waals surface area contributed by atoms with Gasteiger partial charge in [0, 0.05) is 12.1 Å². The molecule has 1 atom stereocenters. The number of nitrogens with zero attached hydrogens (tertiary/aromatic N) is 4. The van der Waals surface area contributed by atoms with Gasteiger partial charge in [0.1, 0.15) is 5.82 Å². The molecule has 0 saturated carbocycles. The molecule has 0 aliphatic carbocycles.